The minimum absolute atomic E-state index is 0.0332. The predicted octanol–water partition coefficient (Wildman–Crippen LogP) is 0.750. The van der Waals surface area contributed by atoms with E-state index >= 15 is 0 Å². The smallest absolute Gasteiger partial charge is 0.330 e. The number of ether oxygens (including phenoxy) is 3. The number of anilines is 2. The maximum atomic E-state index is 13.0. The van der Waals surface area contributed by atoms with Gasteiger partial charge in [-0.15, -0.1) is 0 Å². The predicted molar refractivity (Wildman–Crippen MR) is 120 cm³/mol. The Balaban J connectivity index is 2.41. The molecular weight excluding hydrogens is 438 g/mol. The van der Waals surface area contributed by atoms with Crippen molar-refractivity contribution in [2.45, 2.75) is 20.4 Å². The molecule has 0 unspecified atom stereocenters. The Morgan fingerprint density at radius 2 is 2.00 bits per heavy atom. The summed E-state index contributed by atoms with van der Waals surface area (Å²) >= 11 is 0. The number of aromatic amines is 1. The molecule has 1 heterocycles. The summed E-state index contributed by atoms with van der Waals surface area (Å²) in [6, 6.07) is 3.90. The topological polar surface area (TPSA) is 172 Å². The first-order valence-corrected chi connectivity index (χ1v) is 9.97. The lowest BCUT2D eigenvalue weighted by atomic mass is 10.2. The van der Waals surface area contributed by atoms with Crippen molar-refractivity contribution in [3.05, 3.63) is 49.2 Å². The van der Waals surface area contributed by atoms with Gasteiger partial charge in [-0.3, -0.25) is 34.2 Å². The van der Waals surface area contributed by atoms with Crippen LogP contribution in [0.4, 0.5) is 17.2 Å². The Labute approximate surface area is 188 Å². The fraction of sp³-hybridized carbons (Fsp3) is 0.450. The minimum Gasteiger partial charge on any atom is -0.496 e. The largest absolute Gasteiger partial charge is 0.496 e. The zero-order valence-corrected chi connectivity index (χ0v) is 18.8. The zero-order valence-electron chi connectivity index (χ0n) is 18.8. The van der Waals surface area contributed by atoms with Gasteiger partial charge in [-0.1, -0.05) is 13.8 Å². The summed E-state index contributed by atoms with van der Waals surface area (Å²) in [7, 11) is 2.77. The number of benzene rings is 1. The van der Waals surface area contributed by atoms with Gasteiger partial charge in [0.15, 0.2) is 18.0 Å². The number of methoxy groups -OCH3 is 2. The lowest BCUT2D eigenvalue weighted by molar-refractivity contribution is -0.385. The third kappa shape index (κ3) is 6.10. The van der Waals surface area contributed by atoms with E-state index in [0.717, 1.165) is 11.0 Å². The van der Waals surface area contributed by atoms with E-state index in [1.807, 2.05) is 13.8 Å². The third-order valence-corrected chi connectivity index (χ3v) is 4.57. The molecule has 0 aliphatic rings. The SMILES string of the molecule is COCCN(C(=O)COc1ccc(OC)cc1[N+](=O)[O-])c1c(N)n(CC(C)C)c(=O)[nH]c1=O. The molecule has 13 heteroatoms. The molecule has 0 saturated carbocycles. The van der Waals surface area contributed by atoms with Crippen molar-refractivity contribution in [2.24, 2.45) is 5.92 Å². The third-order valence-electron chi connectivity index (χ3n) is 4.57. The van der Waals surface area contributed by atoms with Gasteiger partial charge in [0.05, 0.1) is 24.7 Å². The van der Waals surface area contributed by atoms with Crippen LogP contribution in [-0.2, 0) is 16.1 Å². The monoisotopic (exact) mass is 465 g/mol. The van der Waals surface area contributed by atoms with E-state index in [4.69, 9.17) is 19.9 Å². The van der Waals surface area contributed by atoms with E-state index in [0.29, 0.717) is 0 Å². The Morgan fingerprint density at radius 1 is 1.30 bits per heavy atom. The molecule has 3 N–H and O–H groups in total. The number of nitrogens with one attached hydrogen (secondary N) is 1. The highest BCUT2D eigenvalue weighted by Crippen LogP contribution is 2.31. The van der Waals surface area contributed by atoms with E-state index in [-0.39, 0.29) is 48.6 Å². The molecule has 0 spiro atoms. The van der Waals surface area contributed by atoms with Crippen LogP contribution in [0.3, 0.4) is 0 Å². The highest BCUT2D eigenvalue weighted by atomic mass is 16.6. The number of nitrogens with two attached hydrogens (primary N) is 1. The first-order valence-electron chi connectivity index (χ1n) is 9.97. The van der Waals surface area contributed by atoms with Gasteiger partial charge in [-0.05, 0) is 18.1 Å². The van der Waals surface area contributed by atoms with E-state index < -0.39 is 34.4 Å². The lowest BCUT2D eigenvalue weighted by Gasteiger charge is -2.24. The molecule has 1 amide bonds. The summed E-state index contributed by atoms with van der Waals surface area (Å²) in [5.41, 5.74) is 3.94. The standard InChI is InChI=1S/C20H27N5O8/c1-12(2)10-24-18(21)17(19(27)22-20(24)28)23(7-8-31-3)16(26)11-33-15-6-5-13(32-4)9-14(15)25(29)30/h5-6,9,12H,7-8,10-11,21H2,1-4H3,(H,22,27,28). The van der Waals surface area contributed by atoms with Crippen LogP contribution in [0.2, 0.25) is 0 Å². The van der Waals surface area contributed by atoms with E-state index in [2.05, 4.69) is 4.98 Å². The summed E-state index contributed by atoms with van der Waals surface area (Å²) in [5, 5.41) is 11.3. The van der Waals surface area contributed by atoms with Crippen LogP contribution in [0.15, 0.2) is 27.8 Å². The Hall–Kier alpha value is -3.87. The second-order valence-electron chi connectivity index (χ2n) is 7.42. The van der Waals surface area contributed by atoms with Crippen molar-refractivity contribution < 1.29 is 23.9 Å². The highest BCUT2D eigenvalue weighted by Gasteiger charge is 2.26. The lowest BCUT2D eigenvalue weighted by Crippen LogP contribution is -2.44. The van der Waals surface area contributed by atoms with Gasteiger partial charge in [-0.2, -0.15) is 0 Å². The molecule has 0 saturated heterocycles. The van der Waals surface area contributed by atoms with Gasteiger partial charge < -0.3 is 19.9 Å². The maximum absolute atomic E-state index is 13.0. The number of nitrogen functional groups attached to an aromatic ring is 1. The number of nitro benzene ring substituents is 1. The molecule has 0 bridgehead atoms. The Bertz CT molecular complexity index is 1120. The number of nitrogens with zero attached hydrogens (tertiary/aromatic N) is 3. The summed E-state index contributed by atoms with van der Waals surface area (Å²) in [6.45, 7) is 3.28. The van der Waals surface area contributed by atoms with Crippen molar-refractivity contribution in [1.29, 1.82) is 0 Å². The fourth-order valence-corrected chi connectivity index (χ4v) is 3.03. The van der Waals surface area contributed by atoms with Crippen LogP contribution < -0.4 is 31.4 Å². The molecule has 0 radical (unpaired) electrons. The molecule has 0 aliphatic heterocycles. The summed E-state index contributed by atoms with van der Waals surface area (Å²) < 4.78 is 16.6. The van der Waals surface area contributed by atoms with Crippen molar-refractivity contribution in [3.63, 3.8) is 0 Å². The quantitative estimate of drug-likeness (QED) is 0.359. The molecule has 2 rings (SSSR count). The number of carbonyl (C=O) groups is 1. The van der Waals surface area contributed by atoms with Crippen LogP contribution in [-0.4, -0.2) is 54.4 Å². The number of nitro groups is 1. The number of amides is 1. The molecule has 1 aromatic carbocycles. The molecule has 13 nitrogen and oxygen atoms in total. The second kappa shape index (κ2) is 11.1. The van der Waals surface area contributed by atoms with E-state index in [1.165, 1.54) is 30.9 Å². The van der Waals surface area contributed by atoms with Crippen LogP contribution in [0.5, 0.6) is 11.5 Å². The Kier molecular flexibility index (Phi) is 8.56. The van der Waals surface area contributed by atoms with Crippen molar-refractivity contribution in [3.8, 4) is 11.5 Å². The number of hydrogen-bond acceptors (Lipinski definition) is 9. The van der Waals surface area contributed by atoms with Crippen molar-refractivity contribution in [2.75, 3.05) is 44.6 Å². The molecule has 1 aromatic heterocycles. The first kappa shape index (κ1) is 25.4. The Morgan fingerprint density at radius 3 is 2.58 bits per heavy atom. The van der Waals surface area contributed by atoms with Crippen LogP contribution in [0.25, 0.3) is 0 Å². The average Bonchev–Trinajstić information content (AvgIpc) is 2.76. The highest BCUT2D eigenvalue weighted by molar-refractivity contribution is 5.96. The van der Waals surface area contributed by atoms with Crippen LogP contribution >= 0.6 is 0 Å². The van der Waals surface area contributed by atoms with Gasteiger partial charge in [-0.25, -0.2) is 4.79 Å². The normalized spacial score (nSPS) is 10.8. The fourth-order valence-electron chi connectivity index (χ4n) is 3.03. The van der Waals surface area contributed by atoms with Gasteiger partial charge in [0, 0.05) is 20.2 Å². The number of H-pyrrole nitrogens is 1. The van der Waals surface area contributed by atoms with Gasteiger partial charge >= 0.3 is 11.4 Å². The molecule has 180 valence electrons. The molecule has 0 fully saturated rings. The van der Waals surface area contributed by atoms with Crippen LogP contribution in [0.1, 0.15) is 13.8 Å². The van der Waals surface area contributed by atoms with Gasteiger partial charge in [0.1, 0.15) is 11.6 Å². The first-order chi connectivity index (χ1) is 15.6. The molecular formula is C20H27N5O8. The van der Waals surface area contributed by atoms with E-state index in [9.17, 15) is 24.5 Å². The second-order valence-corrected chi connectivity index (χ2v) is 7.42. The number of hydrogen-bond donors (Lipinski definition) is 2. The maximum Gasteiger partial charge on any atom is 0.330 e. The number of rotatable bonds is 11. The van der Waals surface area contributed by atoms with Gasteiger partial charge in [0.25, 0.3) is 11.5 Å². The van der Waals surface area contributed by atoms with E-state index in [1.54, 1.807) is 0 Å². The summed E-state index contributed by atoms with van der Waals surface area (Å²) in [5.74, 6) is -0.784. The minimum atomic E-state index is -0.850. The number of carbonyl (C=O) groups excluding carboxylic acids is 1. The average molecular weight is 465 g/mol. The summed E-state index contributed by atoms with van der Waals surface area (Å²) in [4.78, 5) is 51.7. The van der Waals surface area contributed by atoms with Crippen LogP contribution in [0, 0.1) is 16.0 Å². The molecule has 2 aromatic rings. The molecule has 0 atom stereocenters. The van der Waals surface area contributed by atoms with Crippen molar-refractivity contribution >= 4 is 23.1 Å². The number of aromatic nitrogens is 2. The zero-order chi connectivity index (χ0) is 24.7. The summed E-state index contributed by atoms with van der Waals surface area (Å²) in [6.07, 6.45) is 0. The van der Waals surface area contributed by atoms with Crippen molar-refractivity contribution in [1.82, 2.24) is 9.55 Å². The molecule has 33 heavy (non-hydrogen) atoms. The molecule has 0 aliphatic carbocycles. The van der Waals surface area contributed by atoms with Gasteiger partial charge in [0.2, 0.25) is 0 Å².